The van der Waals surface area contributed by atoms with Crippen LogP contribution in [-0.2, 0) is 17.1 Å². The molecule has 9 heteroatoms. The highest BCUT2D eigenvalue weighted by atomic mass is 35.5. The van der Waals surface area contributed by atoms with Crippen molar-refractivity contribution in [3.63, 3.8) is 0 Å². The van der Waals surface area contributed by atoms with Gasteiger partial charge < -0.3 is 4.57 Å². The van der Waals surface area contributed by atoms with E-state index >= 15 is 0 Å². The first-order valence-corrected chi connectivity index (χ1v) is 7.24. The summed E-state index contributed by atoms with van der Waals surface area (Å²) >= 11 is 5.62. The molecule has 1 unspecified atom stereocenters. The van der Waals surface area contributed by atoms with Crippen LogP contribution in [0.2, 0.25) is 5.15 Å². The Bertz CT molecular complexity index is 667. The van der Waals surface area contributed by atoms with E-state index in [1.54, 1.807) is 18.5 Å². The number of aryl methyl sites for hydroxylation is 1. The van der Waals surface area contributed by atoms with Crippen LogP contribution in [0.3, 0.4) is 0 Å². The van der Waals surface area contributed by atoms with Gasteiger partial charge in [-0.3, -0.25) is 0 Å². The summed E-state index contributed by atoms with van der Waals surface area (Å²) in [6.07, 6.45) is 2.71. The zero-order valence-corrected chi connectivity index (χ0v) is 11.9. The van der Waals surface area contributed by atoms with E-state index in [9.17, 15) is 8.42 Å². The van der Waals surface area contributed by atoms with Gasteiger partial charge in [0.2, 0.25) is 10.0 Å². The van der Waals surface area contributed by atoms with E-state index in [-0.39, 0.29) is 10.0 Å². The van der Waals surface area contributed by atoms with Crippen LogP contribution >= 0.6 is 11.6 Å². The second-order valence-corrected chi connectivity index (χ2v) is 6.06. The molecule has 2 aromatic heterocycles. The van der Waals surface area contributed by atoms with Gasteiger partial charge in [-0.2, -0.15) is 0 Å². The van der Waals surface area contributed by atoms with Gasteiger partial charge in [-0.05, 0) is 19.1 Å². The summed E-state index contributed by atoms with van der Waals surface area (Å²) in [6.45, 7) is 1.69. The fraction of sp³-hybridized carbons (Fsp3) is 0.300. The Morgan fingerprint density at radius 2 is 2.16 bits per heavy atom. The Morgan fingerprint density at radius 1 is 1.42 bits per heavy atom. The minimum atomic E-state index is -3.67. The SMILES string of the molecule is CC(NS(=O)(=O)c1ccc(Cl)nc1)c1nncn1C. The highest BCUT2D eigenvalue weighted by molar-refractivity contribution is 7.89. The largest absolute Gasteiger partial charge is 0.319 e. The zero-order chi connectivity index (χ0) is 14.0. The van der Waals surface area contributed by atoms with Crippen molar-refractivity contribution in [2.45, 2.75) is 17.9 Å². The van der Waals surface area contributed by atoms with Crippen molar-refractivity contribution in [2.75, 3.05) is 0 Å². The monoisotopic (exact) mass is 301 g/mol. The molecule has 0 radical (unpaired) electrons. The van der Waals surface area contributed by atoms with Crippen LogP contribution in [0.25, 0.3) is 0 Å². The summed E-state index contributed by atoms with van der Waals surface area (Å²) in [6, 6.07) is 2.30. The lowest BCUT2D eigenvalue weighted by Crippen LogP contribution is -2.28. The van der Waals surface area contributed by atoms with E-state index in [0.717, 1.165) is 0 Å². The average molecular weight is 302 g/mol. The molecule has 0 aliphatic carbocycles. The van der Waals surface area contributed by atoms with Crippen LogP contribution in [-0.4, -0.2) is 28.2 Å². The van der Waals surface area contributed by atoms with E-state index in [4.69, 9.17) is 11.6 Å². The molecule has 0 amide bonds. The molecule has 2 aromatic rings. The summed E-state index contributed by atoms with van der Waals surface area (Å²) in [7, 11) is -1.93. The smallest absolute Gasteiger partial charge is 0.242 e. The molecule has 0 spiro atoms. The molecule has 2 heterocycles. The van der Waals surface area contributed by atoms with Crippen molar-refractivity contribution >= 4 is 21.6 Å². The van der Waals surface area contributed by atoms with Gasteiger partial charge in [-0.15, -0.1) is 10.2 Å². The predicted molar refractivity (Wildman–Crippen MR) is 69.0 cm³/mol. The normalized spacial score (nSPS) is 13.4. The second-order valence-electron chi connectivity index (χ2n) is 3.96. The fourth-order valence-electron chi connectivity index (χ4n) is 1.56. The topological polar surface area (TPSA) is 89.8 Å². The highest BCUT2D eigenvalue weighted by Gasteiger charge is 2.21. The molecule has 102 valence electrons. The first kappa shape index (κ1) is 13.9. The zero-order valence-electron chi connectivity index (χ0n) is 10.3. The number of pyridine rings is 1. The molecule has 0 aliphatic heterocycles. The Hall–Kier alpha value is -1.51. The highest BCUT2D eigenvalue weighted by Crippen LogP contribution is 2.15. The summed E-state index contributed by atoms with van der Waals surface area (Å²) in [5, 5.41) is 7.80. The maximum absolute atomic E-state index is 12.1. The summed E-state index contributed by atoms with van der Waals surface area (Å²) < 4.78 is 28.4. The van der Waals surface area contributed by atoms with Crippen LogP contribution < -0.4 is 4.72 Å². The molecule has 2 rings (SSSR count). The van der Waals surface area contributed by atoms with Gasteiger partial charge in [0.25, 0.3) is 0 Å². The second kappa shape index (κ2) is 5.24. The van der Waals surface area contributed by atoms with Crippen LogP contribution in [0.4, 0.5) is 0 Å². The van der Waals surface area contributed by atoms with Crippen LogP contribution in [0.15, 0.2) is 29.6 Å². The van der Waals surface area contributed by atoms with Crippen molar-refractivity contribution < 1.29 is 8.42 Å². The standard InChI is InChI=1S/C10H12ClN5O2S/c1-7(10-14-13-6-16(10)2)15-19(17,18)8-3-4-9(11)12-5-8/h3-7,15H,1-2H3. The first-order valence-electron chi connectivity index (χ1n) is 5.38. The van der Waals surface area contributed by atoms with Gasteiger partial charge in [0.15, 0.2) is 0 Å². The van der Waals surface area contributed by atoms with Crippen molar-refractivity contribution in [1.29, 1.82) is 0 Å². The molecule has 1 N–H and O–H groups in total. The summed E-state index contributed by atoms with van der Waals surface area (Å²) in [5.41, 5.74) is 0. The molecule has 7 nitrogen and oxygen atoms in total. The number of rotatable bonds is 4. The number of nitrogens with zero attached hydrogens (tertiary/aromatic N) is 4. The molecule has 0 bridgehead atoms. The van der Waals surface area contributed by atoms with E-state index in [0.29, 0.717) is 5.82 Å². The molecular formula is C10H12ClN5O2S. The lowest BCUT2D eigenvalue weighted by Gasteiger charge is -2.13. The van der Waals surface area contributed by atoms with Gasteiger partial charge in [0.05, 0.1) is 6.04 Å². The van der Waals surface area contributed by atoms with Gasteiger partial charge in [-0.25, -0.2) is 18.1 Å². The van der Waals surface area contributed by atoms with E-state index in [1.807, 2.05) is 0 Å². The molecule has 1 atom stereocenters. The summed E-state index contributed by atoms with van der Waals surface area (Å²) in [5.74, 6) is 0.519. The molecular weight excluding hydrogens is 290 g/mol. The third-order valence-corrected chi connectivity index (χ3v) is 4.23. The fourth-order valence-corrected chi connectivity index (χ4v) is 2.82. The minimum Gasteiger partial charge on any atom is -0.319 e. The van der Waals surface area contributed by atoms with Gasteiger partial charge in [0.1, 0.15) is 22.2 Å². The lowest BCUT2D eigenvalue weighted by atomic mass is 10.3. The van der Waals surface area contributed by atoms with Crippen LogP contribution in [0.5, 0.6) is 0 Å². The molecule has 0 aliphatic rings. The number of hydrogen-bond donors (Lipinski definition) is 1. The quantitative estimate of drug-likeness (QED) is 0.848. The number of nitrogens with one attached hydrogen (secondary N) is 1. The number of hydrogen-bond acceptors (Lipinski definition) is 5. The Balaban J connectivity index is 2.22. The van der Waals surface area contributed by atoms with Crippen LogP contribution in [0, 0.1) is 0 Å². The molecule has 19 heavy (non-hydrogen) atoms. The Labute approximate surface area is 115 Å². The number of halogens is 1. The van der Waals surface area contributed by atoms with E-state index in [1.165, 1.54) is 24.7 Å². The van der Waals surface area contributed by atoms with Crippen molar-refractivity contribution in [3.05, 3.63) is 35.6 Å². The molecule has 0 aromatic carbocycles. The maximum atomic E-state index is 12.1. The van der Waals surface area contributed by atoms with Crippen LogP contribution in [0.1, 0.15) is 18.8 Å². The van der Waals surface area contributed by atoms with Crippen molar-refractivity contribution in [3.8, 4) is 0 Å². The van der Waals surface area contributed by atoms with Crippen molar-refractivity contribution in [1.82, 2.24) is 24.5 Å². The molecule has 0 saturated carbocycles. The average Bonchev–Trinajstić information content (AvgIpc) is 2.75. The lowest BCUT2D eigenvalue weighted by molar-refractivity contribution is 0.553. The summed E-state index contributed by atoms with van der Waals surface area (Å²) in [4.78, 5) is 3.79. The van der Waals surface area contributed by atoms with Gasteiger partial charge in [0, 0.05) is 13.2 Å². The van der Waals surface area contributed by atoms with Gasteiger partial charge >= 0.3 is 0 Å². The van der Waals surface area contributed by atoms with E-state index < -0.39 is 16.1 Å². The predicted octanol–water partition coefficient (Wildman–Crippen LogP) is 0.903. The number of aromatic nitrogens is 4. The molecule has 0 saturated heterocycles. The van der Waals surface area contributed by atoms with Gasteiger partial charge in [-0.1, -0.05) is 11.6 Å². The first-order chi connectivity index (χ1) is 8.90. The number of sulfonamides is 1. The third kappa shape index (κ3) is 3.09. The Morgan fingerprint density at radius 3 is 2.68 bits per heavy atom. The Kier molecular flexibility index (Phi) is 3.83. The van der Waals surface area contributed by atoms with Crippen molar-refractivity contribution in [2.24, 2.45) is 7.05 Å². The molecule has 0 fully saturated rings. The maximum Gasteiger partial charge on any atom is 0.242 e. The third-order valence-electron chi connectivity index (χ3n) is 2.48. The minimum absolute atomic E-state index is 0.0471. The van der Waals surface area contributed by atoms with E-state index in [2.05, 4.69) is 19.9 Å².